The van der Waals surface area contributed by atoms with Crippen molar-refractivity contribution in [2.24, 2.45) is 0 Å². The third-order valence-corrected chi connectivity index (χ3v) is 4.42. The lowest BCUT2D eigenvalue weighted by molar-refractivity contribution is -0.121. The van der Waals surface area contributed by atoms with Gasteiger partial charge in [0.2, 0.25) is 5.91 Å². The van der Waals surface area contributed by atoms with Crippen LogP contribution in [-0.4, -0.2) is 31.4 Å². The van der Waals surface area contributed by atoms with E-state index >= 15 is 0 Å². The van der Waals surface area contributed by atoms with E-state index in [-0.39, 0.29) is 30.4 Å². The highest BCUT2D eigenvalue weighted by Crippen LogP contribution is 2.31. The average Bonchev–Trinajstić information content (AvgIpc) is 2.70. The first-order valence-electron chi connectivity index (χ1n) is 8.88. The molecule has 0 fully saturated rings. The quantitative estimate of drug-likeness (QED) is 0.776. The topological polar surface area (TPSA) is 64.6 Å². The van der Waals surface area contributed by atoms with Crippen LogP contribution in [0.5, 0.6) is 11.5 Å². The molecule has 0 saturated heterocycles. The van der Waals surface area contributed by atoms with Crippen LogP contribution in [0.1, 0.15) is 41.6 Å². The van der Waals surface area contributed by atoms with Crippen molar-refractivity contribution in [3.8, 4) is 11.5 Å². The normalized spacial score (nSPS) is 13.7. The van der Waals surface area contributed by atoms with Crippen molar-refractivity contribution >= 4 is 11.7 Å². The highest BCUT2D eigenvalue weighted by Gasteiger charge is 2.16. The van der Waals surface area contributed by atoms with Gasteiger partial charge in [0.1, 0.15) is 13.2 Å². The van der Waals surface area contributed by atoms with Gasteiger partial charge in [-0.2, -0.15) is 0 Å². The van der Waals surface area contributed by atoms with Gasteiger partial charge in [0.15, 0.2) is 17.3 Å². The molecule has 136 valence electrons. The Bertz CT molecular complexity index is 773. The van der Waals surface area contributed by atoms with E-state index in [4.69, 9.17) is 9.47 Å². The summed E-state index contributed by atoms with van der Waals surface area (Å²) >= 11 is 0. The lowest BCUT2D eigenvalue weighted by Crippen LogP contribution is -2.27. The van der Waals surface area contributed by atoms with Crippen molar-refractivity contribution in [1.82, 2.24) is 5.32 Å². The van der Waals surface area contributed by atoms with Crippen molar-refractivity contribution in [1.29, 1.82) is 0 Å². The maximum Gasteiger partial charge on any atom is 0.220 e. The zero-order chi connectivity index (χ0) is 18.4. The number of carbonyl (C=O) groups is 2. The van der Waals surface area contributed by atoms with E-state index in [0.717, 1.165) is 0 Å². The number of carbonyl (C=O) groups excluding carboxylic acids is 2. The standard InChI is InChI=1S/C21H23NO4/c1-15(16-5-3-2-4-6-16)14-22-21(24)10-8-18(23)17-7-9-19-20(13-17)26-12-11-25-19/h2-7,9,13,15H,8,10-12,14H2,1H3,(H,22,24). The molecule has 2 aromatic carbocycles. The molecule has 1 N–H and O–H groups in total. The number of hydrogen-bond donors (Lipinski definition) is 1. The largest absolute Gasteiger partial charge is 0.486 e. The molecule has 0 aromatic heterocycles. The zero-order valence-electron chi connectivity index (χ0n) is 14.9. The summed E-state index contributed by atoms with van der Waals surface area (Å²) in [5.74, 6) is 1.28. The highest BCUT2D eigenvalue weighted by molar-refractivity contribution is 5.98. The molecular weight excluding hydrogens is 330 g/mol. The minimum atomic E-state index is -0.112. The van der Waals surface area contributed by atoms with Crippen LogP contribution in [0.3, 0.4) is 0 Å². The van der Waals surface area contributed by atoms with E-state index in [1.54, 1.807) is 18.2 Å². The van der Waals surface area contributed by atoms with Gasteiger partial charge in [0, 0.05) is 24.9 Å². The van der Waals surface area contributed by atoms with Crippen molar-refractivity contribution in [2.45, 2.75) is 25.7 Å². The Morgan fingerprint density at radius 3 is 2.50 bits per heavy atom. The van der Waals surface area contributed by atoms with Crippen molar-refractivity contribution in [3.05, 3.63) is 59.7 Å². The molecule has 3 rings (SSSR count). The second-order valence-electron chi connectivity index (χ2n) is 6.40. The second-order valence-corrected chi connectivity index (χ2v) is 6.40. The van der Waals surface area contributed by atoms with Crippen LogP contribution >= 0.6 is 0 Å². The molecule has 0 aliphatic carbocycles. The minimum absolute atomic E-state index is 0.0757. The van der Waals surface area contributed by atoms with E-state index in [1.165, 1.54) is 5.56 Å². The average molecular weight is 353 g/mol. The van der Waals surface area contributed by atoms with E-state index in [2.05, 4.69) is 12.2 Å². The highest BCUT2D eigenvalue weighted by atomic mass is 16.6. The monoisotopic (exact) mass is 353 g/mol. The molecule has 1 aliphatic heterocycles. The van der Waals surface area contributed by atoms with E-state index in [9.17, 15) is 9.59 Å². The molecule has 5 nitrogen and oxygen atoms in total. The molecule has 2 aromatic rings. The zero-order valence-corrected chi connectivity index (χ0v) is 14.9. The molecule has 0 saturated carbocycles. The second kappa shape index (κ2) is 8.52. The molecule has 0 spiro atoms. The fourth-order valence-electron chi connectivity index (χ4n) is 2.84. The number of ketones is 1. The molecule has 0 radical (unpaired) electrons. The summed E-state index contributed by atoms with van der Waals surface area (Å²) in [6.07, 6.45) is 0.347. The third-order valence-electron chi connectivity index (χ3n) is 4.42. The van der Waals surface area contributed by atoms with Gasteiger partial charge in [0.25, 0.3) is 0 Å². The number of nitrogens with one attached hydrogen (secondary N) is 1. The lowest BCUT2D eigenvalue weighted by atomic mass is 10.0. The van der Waals surface area contributed by atoms with Crippen LogP contribution in [0, 0.1) is 0 Å². The van der Waals surface area contributed by atoms with Crippen LogP contribution in [0.15, 0.2) is 48.5 Å². The van der Waals surface area contributed by atoms with Crippen molar-refractivity contribution < 1.29 is 19.1 Å². The fourth-order valence-corrected chi connectivity index (χ4v) is 2.84. The first-order chi connectivity index (χ1) is 12.6. The first kappa shape index (κ1) is 18.0. The summed E-state index contributed by atoms with van der Waals surface area (Å²) in [4.78, 5) is 24.4. The number of amides is 1. The van der Waals surface area contributed by atoms with Crippen LogP contribution < -0.4 is 14.8 Å². The molecule has 1 unspecified atom stereocenters. The van der Waals surface area contributed by atoms with E-state index in [1.807, 2.05) is 30.3 Å². The summed E-state index contributed by atoms with van der Waals surface area (Å²) in [5.41, 5.74) is 1.72. The molecule has 1 aliphatic rings. The molecular formula is C21H23NO4. The minimum Gasteiger partial charge on any atom is -0.486 e. The Balaban J connectivity index is 1.46. The fraction of sp³-hybridized carbons (Fsp3) is 0.333. The summed E-state index contributed by atoms with van der Waals surface area (Å²) in [6, 6.07) is 15.2. The molecule has 1 amide bonds. The van der Waals surface area contributed by atoms with Gasteiger partial charge in [0.05, 0.1) is 0 Å². The Labute approximate surface area is 153 Å². The number of rotatable bonds is 7. The smallest absolute Gasteiger partial charge is 0.220 e. The summed E-state index contributed by atoms with van der Waals surface area (Å²) in [7, 11) is 0. The van der Waals surface area contributed by atoms with Crippen LogP contribution in [0.2, 0.25) is 0 Å². The van der Waals surface area contributed by atoms with Gasteiger partial charge in [-0.1, -0.05) is 37.3 Å². The van der Waals surface area contributed by atoms with Crippen LogP contribution in [0.25, 0.3) is 0 Å². The van der Waals surface area contributed by atoms with Gasteiger partial charge < -0.3 is 14.8 Å². The van der Waals surface area contributed by atoms with Gasteiger partial charge in [-0.3, -0.25) is 9.59 Å². The molecule has 1 heterocycles. The van der Waals surface area contributed by atoms with Crippen molar-refractivity contribution in [3.63, 3.8) is 0 Å². The van der Waals surface area contributed by atoms with E-state index in [0.29, 0.717) is 36.8 Å². The lowest BCUT2D eigenvalue weighted by Gasteiger charge is -2.18. The number of fused-ring (bicyclic) bond motifs is 1. The Morgan fingerprint density at radius 2 is 1.73 bits per heavy atom. The number of hydrogen-bond acceptors (Lipinski definition) is 4. The number of benzene rings is 2. The first-order valence-corrected chi connectivity index (χ1v) is 8.88. The summed E-state index contributed by atoms with van der Waals surface area (Å²) in [5, 5.41) is 2.90. The third kappa shape index (κ3) is 4.63. The Kier molecular flexibility index (Phi) is 5.89. The maximum atomic E-state index is 12.3. The predicted molar refractivity (Wildman–Crippen MR) is 98.9 cm³/mol. The molecule has 0 bridgehead atoms. The molecule has 26 heavy (non-hydrogen) atoms. The molecule has 5 heteroatoms. The number of Topliss-reactive ketones (excluding diaryl/α,β-unsaturated/α-hetero) is 1. The molecule has 1 atom stereocenters. The van der Waals surface area contributed by atoms with E-state index < -0.39 is 0 Å². The van der Waals surface area contributed by atoms with Gasteiger partial charge in [-0.25, -0.2) is 0 Å². The Morgan fingerprint density at radius 1 is 1.00 bits per heavy atom. The number of ether oxygens (including phenoxy) is 2. The van der Waals surface area contributed by atoms with Crippen molar-refractivity contribution in [2.75, 3.05) is 19.8 Å². The Hall–Kier alpha value is -2.82. The predicted octanol–water partition coefficient (Wildman–Crippen LogP) is 3.34. The summed E-state index contributed by atoms with van der Waals surface area (Å²) < 4.78 is 10.9. The SMILES string of the molecule is CC(CNC(=O)CCC(=O)c1ccc2c(c1)OCCO2)c1ccccc1. The van der Waals surface area contributed by atoms with Crippen LogP contribution in [0.4, 0.5) is 0 Å². The van der Waals surface area contributed by atoms with Gasteiger partial charge in [-0.15, -0.1) is 0 Å². The maximum absolute atomic E-state index is 12.3. The van der Waals surface area contributed by atoms with Crippen LogP contribution in [-0.2, 0) is 4.79 Å². The summed E-state index contributed by atoms with van der Waals surface area (Å²) in [6.45, 7) is 3.62. The van der Waals surface area contributed by atoms with Gasteiger partial charge >= 0.3 is 0 Å². The van der Waals surface area contributed by atoms with Gasteiger partial charge in [-0.05, 0) is 29.7 Å².